The highest BCUT2D eigenvalue weighted by molar-refractivity contribution is 5.29. The van der Waals surface area contributed by atoms with Gasteiger partial charge in [-0.25, -0.2) is 0 Å². The third-order valence-electron chi connectivity index (χ3n) is 9.07. The fourth-order valence-electron chi connectivity index (χ4n) is 6.28. The van der Waals surface area contributed by atoms with Gasteiger partial charge < -0.3 is 15.3 Å². The minimum absolute atomic E-state index is 0.264. The van der Waals surface area contributed by atoms with Gasteiger partial charge in [-0.2, -0.15) is 0 Å². The molecule has 32 heavy (non-hydrogen) atoms. The molecular formula is C29H50O3. The first kappa shape index (κ1) is 27.3. The summed E-state index contributed by atoms with van der Waals surface area (Å²) >= 11 is 0. The van der Waals surface area contributed by atoms with Gasteiger partial charge in [0, 0.05) is 0 Å². The Hall–Kier alpha value is -0.900. The van der Waals surface area contributed by atoms with E-state index in [-0.39, 0.29) is 5.41 Å². The van der Waals surface area contributed by atoms with Crippen LogP contribution in [0.1, 0.15) is 99.8 Å². The van der Waals surface area contributed by atoms with Crippen molar-refractivity contribution in [2.45, 2.75) is 118 Å². The highest BCUT2D eigenvalue weighted by Crippen LogP contribution is 2.53. The summed E-state index contributed by atoms with van der Waals surface area (Å²) in [6.07, 6.45) is 11.1. The maximum atomic E-state index is 10.2. The molecule has 2 saturated carbocycles. The molecule has 2 rings (SSSR count). The van der Waals surface area contributed by atoms with Crippen LogP contribution < -0.4 is 0 Å². The van der Waals surface area contributed by atoms with Crippen LogP contribution in [0.4, 0.5) is 0 Å². The number of hydrogen-bond donors (Lipinski definition) is 3. The van der Waals surface area contributed by atoms with E-state index in [1.165, 1.54) is 18.4 Å². The molecule has 184 valence electrons. The van der Waals surface area contributed by atoms with Crippen LogP contribution in [0, 0.1) is 29.1 Å². The van der Waals surface area contributed by atoms with Crippen LogP contribution in [-0.4, -0.2) is 33.1 Å². The van der Waals surface area contributed by atoms with Crippen LogP contribution in [0.15, 0.2) is 35.5 Å². The fourth-order valence-corrected chi connectivity index (χ4v) is 6.28. The van der Waals surface area contributed by atoms with E-state index in [1.807, 2.05) is 13.8 Å². The van der Waals surface area contributed by atoms with Crippen LogP contribution in [0.5, 0.6) is 0 Å². The van der Waals surface area contributed by atoms with Crippen molar-refractivity contribution in [3.05, 3.63) is 35.5 Å². The zero-order valence-corrected chi connectivity index (χ0v) is 21.8. The van der Waals surface area contributed by atoms with Crippen LogP contribution in [0.25, 0.3) is 0 Å². The second kappa shape index (κ2) is 11.0. The van der Waals surface area contributed by atoms with E-state index in [0.717, 1.165) is 31.3 Å². The Morgan fingerprint density at radius 3 is 2.25 bits per heavy atom. The first-order valence-corrected chi connectivity index (χ1v) is 13.0. The topological polar surface area (TPSA) is 60.7 Å². The predicted molar refractivity (Wildman–Crippen MR) is 135 cm³/mol. The molecule has 0 radical (unpaired) electrons. The number of aliphatic hydroxyl groups excluding tert-OH is 2. The standard InChI is InChI=1S/C29H50O3/c1-9-25-24(13-12-23-17-26(30)21(4)27(31)18-23)11-10-15-29(25,8)22(5)20(3)19(2)14-16-28(6,7)32/h12-13,19-20,22,25-27,30-32H,4,9-11,14-18H2,1-3,5-8H3/b24-13+/t19-,20+,22?,25?,26-,27-,29-/m1/s1. The molecular weight excluding hydrogens is 396 g/mol. The van der Waals surface area contributed by atoms with Gasteiger partial charge in [0.05, 0.1) is 17.8 Å². The van der Waals surface area contributed by atoms with Gasteiger partial charge in [-0.15, -0.1) is 0 Å². The quantitative estimate of drug-likeness (QED) is 0.369. The number of hydrogen-bond acceptors (Lipinski definition) is 3. The smallest absolute Gasteiger partial charge is 0.0809 e. The maximum Gasteiger partial charge on any atom is 0.0809 e. The van der Waals surface area contributed by atoms with Crippen molar-refractivity contribution in [2.75, 3.05) is 0 Å². The molecule has 0 heterocycles. The first-order chi connectivity index (χ1) is 14.8. The van der Waals surface area contributed by atoms with Crippen LogP contribution >= 0.6 is 0 Å². The molecule has 0 aromatic carbocycles. The molecule has 0 aliphatic heterocycles. The summed E-state index contributed by atoms with van der Waals surface area (Å²) in [5.74, 6) is 2.34. The lowest BCUT2D eigenvalue weighted by Gasteiger charge is -2.50. The van der Waals surface area contributed by atoms with E-state index in [0.29, 0.717) is 42.1 Å². The predicted octanol–water partition coefficient (Wildman–Crippen LogP) is 6.59. The van der Waals surface area contributed by atoms with Gasteiger partial charge in [-0.05, 0) is 99.9 Å². The summed E-state index contributed by atoms with van der Waals surface area (Å²) in [5, 5.41) is 30.5. The lowest BCUT2D eigenvalue weighted by Crippen LogP contribution is -2.42. The number of rotatable bonds is 8. The van der Waals surface area contributed by atoms with E-state index in [2.05, 4.69) is 53.3 Å². The van der Waals surface area contributed by atoms with Crippen molar-refractivity contribution in [1.82, 2.24) is 0 Å². The highest BCUT2D eigenvalue weighted by Gasteiger charge is 2.44. The first-order valence-electron chi connectivity index (χ1n) is 13.0. The molecule has 3 nitrogen and oxygen atoms in total. The molecule has 7 atom stereocenters. The lowest BCUT2D eigenvalue weighted by molar-refractivity contribution is 0.0228. The number of allylic oxidation sites excluding steroid dienone is 3. The van der Waals surface area contributed by atoms with E-state index in [9.17, 15) is 15.3 Å². The average molecular weight is 447 g/mol. The van der Waals surface area contributed by atoms with Crippen molar-refractivity contribution >= 4 is 0 Å². The largest absolute Gasteiger partial charge is 0.390 e. The third-order valence-corrected chi connectivity index (χ3v) is 9.07. The summed E-state index contributed by atoms with van der Waals surface area (Å²) in [5.41, 5.74) is 2.88. The molecule has 3 N–H and O–H groups in total. The zero-order chi connectivity index (χ0) is 24.3. The molecule has 3 heteroatoms. The molecule has 0 aromatic rings. The second-order valence-electron chi connectivity index (χ2n) is 11.9. The van der Waals surface area contributed by atoms with Crippen molar-refractivity contribution < 1.29 is 15.3 Å². The van der Waals surface area contributed by atoms with Crippen LogP contribution in [-0.2, 0) is 0 Å². The van der Waals surface area contributed by atoms with E-state index < -0.39 is 17.8 Å². The lowest BCUT2D eigenvalue weighted by atomic mass is 9.55. The minimum atomic E-state index is -0.631. The zero-order valence-electron chi connectivity index (χ0n) is 21.8. The normalized spacial score (nSPS) is 33.8. The molecule has 2 fully saturated rings. The molecule has 0 amide bonds. The Kier molecular flexibility index (Phi) is 9.41. The highest BCUT2D eigenvalue weighted by atomic mass is 16.3. The minimum Gasteiger partial charge on any atom is -0.390 e. The Morgan fingerprint density at radius 2 is 1.72 bits per heavy atom. The Morgan fingerprint density at radius 1 is 1.12 bits per heavy atom. The summed E-state index contributed by atoms with van der Waals surface area (Å²) in [6, 6.07) is 0. The summed E-state index contributed by atoms with van der Waals surface area (Å²) in [6.45, 7) is 19.7. The molecule has 2 unspecified atom stereocenters. The van der Waals surface area contributed by atoms with E-state index in [1.54, 1.807) is 0 Å². The fraction of sp³-hybridized carbons (Fsp3) is 0.793. The molecule has 0 bridgehead atoms. The summed E-state index contributed by atoms with van der Waals surface area (Å²) in [4.78, 5) is 0. The van der Waals surface area contributed by atoms with Gasteiger partial charge in [0.1, 0.15) is 0 Å². The van der Waals surface area contributed by atoms with Gasteiger partial charge in [-0.3, -0.25) is 0 Å². The van der Waals surface area contributed by atoms with Gasteiger partial charge in [0.15, 0.2) is 0 Å². The summed E-state index contributed by atoms with van der Waals surface area (Å²) < 4.78 is 0. The van der Waals surface area contributed by atoms with Crippen LogP contribution in [0.3, 0.4) is 0 Å². The number of aliphatic hydroxyl groups is 3. The van der Waals surface area contributed by atoms with Gasteiger partial charge in [-0.1, -0.05) is 64.5 Å². The summed E-state index contributed by atoms with van der Waals surface area (Å²) in [7, 11) is 0. The van der Waals surface area contributed by atoms with Crippen molar-refractivity contribution in [3.8, 4) is 0 Å². The monoisotopic (exact) mass is 446 g/mol. The molecule has 0 spiro atoms. The SMILES string of the molecule is C=C1[C@H](O)CC(=C/C=C2\CCC[C@](C)(C(C)[C@@H](C)[C@H](C)CCC(C)(C)O)C2CC)C[C@H]1O. The van der Waals surface area contributed by atoms with E-state index in [4.69, 9.17) is 0 Å². The molecule has 2 aliphatic carbocycles. The van der Waals surface area contributed by atoms with Crippen LogP contribution in [0.2, 0.25) is 0 Å². The maximum absolute atomic E-state index is 10.2. The van der Waals surface area contributed by atoms with E-state index >= 15 is 0 Å². The second-order valence-corrected chi connectivity index (χ2v) is 11.9. The Labute approximate surface area is 197 Å². The average Bonchev–Trinajstić information content (AvgIpc) is 2.72. The van der Waals surface area contributed by atoms with Crippen molar-refractivity contribution in [3.63, 3.8) is 0 Å². The van der Waals surface area contributed by atoms with Gasteiger partial charge in [0.2, 0.25) is 0 Å². The Bertz CT molecular complexity index is 682. The van der Waals surface area contributed by atoms with Gasteiger partial charge in [0.25, 0.3) is 0 Å². The van der Waals surface area contributed by atoms with Crippen molar-refractivity contribution in [2.24, 2.45) is 29.1 Å². The third kappa shape index (κ3) is 6.58. The van der Waals surface area contributed by atoms with Gasteiger partial charge >= 0.3 is 0 Å². The van der Waals surface area contributed by atoms with Crippen molar-refractivity contribution in [1.29, 1.82) is 0 Å². The molecule has 2 aliphatic rings. The Balaban J connectivity index is 2.18. The molecule has 0 saturated heterocycles. The molecule has 0 aromatic heterocycles.